The van der Waals surface area contributed by atoms with Crippen LogP contribution in [-0.2, 0) is 12.6 Å². The number of aromatic nitrogens is 2. The zero-order chi connectivity index (χ0) is 23.8. The molecule has 0 unspecified atom stereocenters. The number of rotatable bonds is 5. The number of amides is 1. The van der Waals surface area contributed by atoms with Crippen LogP contribution in [0.2, 0.25) is 5.15 Å². The number of carbonyl (C=O) groups is 1. The fourth-order valence-electron chi connectivity index (χ4n) is 5.04. The quantitative estimate of drug-likeness (QED) is 0.571. The second-order valence-electron chi connectivity index (χ2n) is 8.96. The number of primary amides is 1. The molecule has 2 fully saturated rings. The Hall–Kier alpha value is -2.55. The van der Waals surface area contributed by atoms with Crippen molar-refractivity contribution in [2.75, 3.05) is 23.3 Å². The van der Waals surface area contributed by atoms with Gasteiger partial charge in [-0.3, -0.25) is 4.79 Å². The maximum atomic E-state index is 14.0. The normalized spacial score (nSPS) is 18.0. The summed E-state index contributed by atoms with van der Waals surface area (Å²) in [7, 11) is 0. The van der Waals surface area contributed by atoms with E-state index in [0.29, 0.717) is 25.2 Å². The third kappa shape index (κ3) is 4.88. The topological polar surface area (TPSA) is 84.1 Å². The Bertz CT molecular complexity index is 1050. The predicted molar refractivity (Wildman–Crippen MR) is 122 cm³/mol. The molecule has 2 aromatic rings. The number of hydrogen-bond acceptors (Lipinski definition) is 5. The zero-order valence-corrected chi connectivity index (χ0v) is 19.2. The number of carbonyl (C=O) groups excluding carboxylic acids is 1. The highest BCUT2D eigenvalue weighted by molar-refractivity contribution is 6.30. The molecule has 10 heteroatoms. The molecule has 1 spiro atoms. The zero-order valence-electron chi connectivity index (χ0n) is 18.4. The molecule has 1 amide bonds. The molecule has 1 aromatic heterocycles. The number of alkyl halides is 3. The van der Waals surface area contributed by atoms with Crippen molar-refractivity contribution in [3.63, 3.8) is 0 Å². The Morgan fingerprint density at radius 1 is 1.21 bits per heavy atom. The van der Waals surface area contributed by atoms with E-state index < -0.39 is 17.6 Å². The highest BCUT2D eigenvalue weighted by Gasteiger charge is 2.42. The molecule has 1 aromatic carbocycles. The van der Waals surface area contributed by atoms with Crippen LogP contribution in [0.5, 0.6) is 0 Å². The molecule has 1 saturated heterocycles. The van der Waals surface area contributed by atoms with Crippen LogP contribution in [0.15, 0.2) is 18.2 Å². The second-order valence-corrected chi connectivity index (χ2v) is 9.32. The van der Waals surface area contributed by atoms with E-state index in [-0.39, 0.29) is 33.5 Å². The fourth-order valence-corrected chi connectivity index (χ4v) is 5.30. The van der Waals surface area contributed by atoms with Gasteiger partial charge in [-0.1, -0.05) is 37.8 Å². The largest absolute Gasteiger partial charge is 0.418 e. The van der Waals surface area contributed by atoms with Gasteiger partial charge in [0.25, 0.3) is 5.91 Å². The molecule has 2 aliphatic rings. The van der Waals surface area contributed by atoms with Gasteiger partial charge < -0.3 is 16.0 Å². The van der Waals surface area contributed by atoms with E-state index in [1.807, 2.05) is 4.90 Å². The number of halogens is 4. The SMILES string of the molecule is CCc1nc(C(N)=O)c(Nc2ccc(N3CCC4(CCCCC4)C3)c(C(F)(F)F)c2)nc1Cl. The Kier molecular flexibility index (Phi) is 6.44. The molecule has 0 atom stereocenters. The van der Waals surface area contributed by atoms with Gasteiger partial charge in [0.05, 0.1) is 11.3 Å². The van der Waals surface area contributed by atoms with Gasteiger partial charge in [0.1, 0.15) is 0 Å². The number of nitrogens with one attached hydrogen (secondary N) is 1. The molecular weight excluding hydrogens is 455 g/mol. The van der Waals surface area contributed by atoms with Crippen LogP contribution in [0.3, 0.4) is 0 Å². The molecule has 4 rings (SSSR count). The van der Waals surface area contributed by atoms with Crippen LogP contribution in [0.25, 0.3) is 0 Å². The van der Waals surface area contributed by atoms with Crippen molar-refractivity contribution in [3.8, 4) is 0 Å². The van der Waals surface area contributed by atoms with E-state index in [1.165, 1.54) is 12.5 Å². The van der Waals surface area contributed by atoms with E-state index in [0.717, 1.165) is 38.2 Å². The molecular formula is C23H27ClF3N5O. The van der Waals surface area contributed by atoms with Crippen LogP contribution in [-0.4, -0.2) is 29.0 Å². The standard InChI is InChI=1S/C23H27ClF3N5O/c1-2-16-19(24)31-21(18(30-16)20(28)33)29-14-6-7-17(15(12-14)23(25,26)27)32-11-10-22(13-32)8-4-3-5-9-22/h6-7,12H,2-5,8-11,13H2,1H3,(H2,28,33)(H,29,31). The van der Waals surface area contributed by atoms with Gasteiger partial charge in [-0.05, 0) is 49.3 Å². The van der Waals surface area contributed by atoms with E-state index >= 15 is 0 Å². The molecule has 2 heterocycles. The molecule has 33 heavy (non-hydrogen) atoms. The number of benzene rings is 1. The first-order chi connectivity index (χ1) is 15.6. The fraction of sp³-hybridized carbons (Fsp3) is 0.522. The summed E-state index contributed by atoms with van der Waals surface area (Å²) in [5, 5.41) is 2.82. The van der Waals surface area contributed by atoms with Crippen LogP contribution < -0.4 is 16.0 Å². The summed E-state index contributed by atoms with van der Waals surface area (Å²) >= 11 is 6.11. The van der Waals surface area contributed by atoms with Crippen LogP contribution >= 0.6 is 11.6 Å². The molecule has 1 aliphatic carbocycles. The smallest absolute Gasteiger partial charge is 0.370 e. The first-order valence-electron chi connectivity index (χ1n) is 11.2. The van der Waals surface area contributed by atoms with Crippen molar-refractivity contribution >= 4 is 34.7 Å². The number of anilines is 3. The third-order valence-corrected chi connectivity index (χ3v) is 7.05. The second kappa shape index (κ2) is 9.00. The van der Waals surface area contributed by atoms with Crippen molar-refractivity contribution < 1.29 is 18.0 Å². The van der Waals surface area contributed by atoms with E-state index in [1.54, 1.807) is 13.0 Å². The first-order valence-corrected chi connectivity index (χ1v) is 11.6. The predicted octanol–water partition coefficient (Wildman–Crippen LogP) is 5.71. The van der Waals surface area contributed by atoms with Crippen molar-refractivity contribution in [2.45, 2.75) is 58.0 Å². The van der Waals surface area contributed by atoms with Crippen molar-refractivity contribution in [3.05, 3.63) is 40.3 Å². The number of hydrogen-bond donors (Lipinski definition) is 2. The summed E-state index contributed by atoms with van der Waals surface area (Å²) in [5.41, 5.74) is 5.31. The van der Waals surface area contributed by atoms with Crippen LogP contribution in [0.1, 0.15) is 67.2 Å². The van der Waals surface area contributed by atoms with Crippen molar-refractivity contribution in [1.82, 2.24) is 9.97 Å². The summed E-state index contributed by atoms with van der Waals surface area (Å²) in [5.74, 6) is -0.924. The summed E-state index contributed by atoms with van der Waals surface area (Å²) in [6, 6.07) is 4.06. The minimum Gasteiger partial charge on any atom is -0.370 e. The number of nitrogens with zero attached hydrogens (tertiary/aromatic N) is 3. The molecule has 1 aliphatic heterocycles. The van der Waals surface area contributed by atoms with Gasteiger partial charge in [0.15, 0.2) is 16.7 Å². The van der Waals surface area contributed by atoms with E-state index in [9.17, 15) is 18.0 Å². The van der Waals surface area contributed by atoms with Crippen LogP contribution in [0, 0.1) is 5.41 Å². The Balaban J connectivity index is 1.66. The lowest BCUT2D eigenvalue weighted by molar-refractivity contribution is -0.137. The monoisotopic (exact) mass is 481 g/mol. The molecule has 3 N–H and O–H groups in total. The Morgan fingerprint density at radius 2 is 1.94 bits per heavy atom. The Morgan fingerprint density at radius 3 is 2.58 bits per heavy atom. The van der Waals surface area contributed by atoms with Crippen molar-refractivity contribution in [2.24, 2.45) is 11.1 Å². The average molecular weight is 482 g/mol. The highest BCUT2D eigenvalue weighted by atomic mass is 35.5. The highest BCUT2D eigenvalue weighted by Crippen LogP contribution is 2.47. The molecule has 1 saturated carbocycles. The minimum absolute atomic E-state index is 0.0625. The van der Waals surface area contributed by atoms with Gasteiger partial charge in [0.2, 0.25) is 0 Å². The minimum atomic E-state index is -4.54. The lowest BCUT2D eigenvalue weighted by Gasteiger charge is -2.34. The first kappa shape index (κ1) is 23.6. The van der Waals surface area contributed by atoms with Crippen LogP contribution in [0.4, 0.5) is 30.4 Å². The third-order valence-electron chi connectivity index (χ3n) is 6.75. The lowest BCUT2D eigenvalue weighted by Crippen LogP contribution is -2.30. The lowest BCUT2D eigenvalue weighted by atomic mass is 9.73. The molecule has 178 valence electrons. The maximum Gasteiger partial charge on any atom is 0.418 e. The van der Waals surface area contributed by atoms with Gasteiger partial charge in [-0.15, -0.1) is 0 Å². The number of aryl methyl sites for hydroxylation is 1. The summed E-state index contributed by atoms with van der Waals surface area (Å²) < 4.78 is 42.1. The Labute approximate surface area is 195 Å². The average Bonchev–Trinajstić information content (AvgIpc) is 3.16. The summed E-state index contributed by atoms with van der Waals surface area (Å²) in [6.45, 7) is 3.05. The van der Waals surface area contributed by atoms with E-state index in [2.05, 4.69) is 15.3 Å². The van der Waals surface area contributed by atoms with E-state index in [4.69, 9.17) is 17.3 Å². The van der Waals surface area contributed by atoms with Gasteiger partial charge in [-0.2, -0.15) is 13.2 Å². The summed E-state index contributed by atoms with van der Waals surface area (Å²) in [4.78, 5) is 21.9. The maximum absolute atomic E-state index is 14.0. The molecule has 0 bridgehead atoms. The summed E-state index contributed by atoms with van der Waals surface area (Å²) in [6.07, 6.45) is 2.45. The molecule has 6 nitrogen and oxygen atoms in total. The van der Waals surface area contributed by atoms with Crippen molar-refractivity contribution in [1.29, 1.82) is 0 Å². The van der Waals surface area contributed by atoms with Gasteiger partial charge in [0, 0.05) is 24.5 Å². The number of nitrogens with two attached hydrogens (primary N) is 1. The van der Waals surface area contributed by atoms with Gasteiger partial charge >= 0.3 is 6.18 Å². The van der Waals surface area contributed by atoms with Gasteiger partial charge in [-0.25, -0.2) is 9.97 Å². The molecule has 0 radical (unpaired) electrons.